The molecule has 2 aliphatic carbocycles. The van der Waals surface area contributed by atoms with E-state index in [0.717, 1.165) is 0 Å². The first-order valence-corrected chi connectivity index (χ1v) is 15.5. The Bertz CT molecular complexity index is 1790. The van der Waals surface area contributed by atoms with Gasteiger partial charge in [-0.2, -0.15) is 0 Å². The maximum Gasteiger partial charge on any atom is 0.351 e. The van der Waals surface area contributed by atoms with Gasteiger partial charge < -0.3 is 28.1 Å². The van der Waals surface area contributed by atoms with Gasteiger partial charge in [0.05, 0.1) is 16.4 Å². The maximum absolute atomic E-state index is 14.3. The quantitative estimate of drug-likeness (QED) is 0.267. The van der Waals surface area contributed by atoms with Crippen molar-refractivity contribution < 1.29 is 47.3 Å². The molecule has 7 atom stereocenters. The predicted molar refractivity (Wildman–Crippen MR) is 156 cm³/mol. The fourth-order valence-corrected chi connectivity index (χ4v) is 8.55. The molecule has 4 fully saturated rings. The topological polar surface area (TPSA) is 145 Å². The molecule has 0 unspecified atom stereocenters. The number of fused-ring (bicyclic) bond motifs is 7. The Hall–Kier alpha value is -3.89. The van der Waals surface area contributed by atoms with Crippen molar-refractivity contribution in [3.63, 3.8) is 0 Å². The number of aryl methyl sites for hydroxylation is 1. The summed E-state index contributed by atoms with van der Waals surface area (Å²) in [6.45, 7) is 14.3. The lowest BCUT2D eigenvalue weighted by Gasteiger charge is -2.42. The Kier molecular flexibility index (Phi) is 5.74. The van der Waals surface area contributed by atoms with E-state index in [9.17, 15) is 24.0 Å². The van der Waals surface area contributed by atoms with E-state index in [2.05, 4.69) is 0 Å². The Morgan fingerprint density at radius 3 is 1.82 bits per heavy atom. The van der Waals surface area contributed by atoms with Crippen LogP contribution in [0.2, 0.25) is 0 Å². The van der Waals surface area contributed by atoms with Crippen LogP contribution in [-0.4, -0.2) is 47.3 Å². The van der Waals surface area contributed by atoms with Crippen molar-refractivity contribution in [3.05, 3.63) is 39.7 Å². The highest BCUT2D eigenvalue weighted by atomic mass is 16.7. The Balaban J connectivity index is 1.34. The summed E-state index contributed by atoms with van der Waals surface area (Å²) < 4.78 is 36.0. The van der Waals surface area contributed by atoms with Crippen LogP contribution in [0.25, 0.3) is 11.0 Å². The van der Waals surface area contributed by atoms with Gasteiger partial charge in [-0.1, -0.05) is 27.7 Å². The van der Waals surface area contributed by atoms with Gasteiger partial charge in [-0.25, -0.2) is 14.4 Å². The number of esters is 4. The summed E-state index contributed by atoms with van der Waals surface area (Å²) in [6, 6.07) is 4.78. The molecule has 0 N–H and O–H groups in total. The van der Waals surface area contributed by atoms with E-state index in [4.69, 9.17) is 28.1 Å². The van der Waals surface area contributed by atoms with Crippen molar-refractivity contribution in [2.24, 2.45) is 21.7 Å². The van der Waals surface area contributed by atoms with Crippen LogP contribution in [0.3, 0.4) is 0 Å². The summed E-state index contributed by atoms with van der Waals surface area (Å²) >= 11 is 0. The first-order chi connectivity index (χ1) is 20.9. The molecule has 11 nitrogen and oxygen atoms in total. The Morgan fingerprint density at radius 1 is 0.800 bits per heavy atom. The zero-order chi connectivity index (χ0) is 32.7. The van der Waals surface area contributed by atoms with Crippen molar-refractivity contribution in [3.8, 4) is 5.75 Å². The average molecular weight is 623 g/mol. The van der Waals surface area contributed by atoms with Crippen molar-refractivity contribution in [2.45, 2.75) is 111 Å². The van der Waals surface area contributed by atoms with Gasteiger partial charge in [-0.3, -0.25) is 9.59 Å². The number of carbonyl (C=O) groups is 4. The molecule has 4 bridgehead atoms. The third kappa shape index (κ3) is 3.29. The largest absolute Gasteiger partial charge is 0.486 e. The van der Waals surface area contributed by atoms with Gasteiger partial charge in [0.25, 0.3) is 0 Å². The normalized spacial score (nSPS) is 38.4. The number of carbonyl (C=O) groups excluding carboxylic acids is 4. The fourth-order valence-electron chi connectivity index (χ4n) is 8.55. The van der Waals surface area contributed by atoms with Crippen LogP contribution in [0.1, 0.15) is 91.4 Å². The van der Waals surface area contributed by atoms with E-state index in [1.807, 2.05) is 27.7 Å². The lowest BCUT2D eigenvalue weighted by Crippen LogP contribution is -2.54. The number of rotatable bonds is 4. The highest BCUT2D eigenvalue weighted by Crippen LogP contribution is 2.67. The molecule has 1 aromatic carbocycles. The number of hydrogen-bond acceptors (Lipinski definition) is 11. The second-order valence-electron chi connectivity index (χ2n) is 15.0. The van der Waals surface area contributed by atoms with Crippen LogP contribution < -0.4 is 10.4 Å². The van der Waals surface area contributed by atoms with Crippen LogP contribution >= 0.6 is 0 Å². The van der Waals surface area contributed by atoms with E-state index < -0.39 is 80.7 Å². The molecule has 0 spiro atoms. The van der Waals surface area contributed by atoms with E-state index in [1.165, 1.54) is 6.07 Å². The molecule has 3 aliphatic heterocycles. The zero-order valence-electron chi connectivity index (χ0n) is 26.8. The molecule has 0 amide bonds. The number of benzene rings is 1. The van der Waals surface area contributed by atoms with E-state index in [0.29, 0.717) is 23.8 Å². The van der Waals surface area contributed by atoms with E-state index in [1.54, 1.807) is 39.8 Å². The molecule has 2 saturated heterocycles. The van der Waals surface area contributed by atoms with Gasteiger partial charge in [-0.15, -0.1) is 0 Å². The van der Waals surface area contributed by atoms with Gasteiger partial charge >= 0.3 is 29.5 Å². The smallest absolute Gasteiger partial charge is 0.351 e. The van der Waals surface area contributed by atoms with Crippen molar-refractivity contribution in [1.82, 2.24) is 0 Å². The minimum Gasteiger partial charge on any atom is -0.486 e. The lowest BCUT2D eigenvalue weighted by molar-refractivity contribution is -0.209. The molecule has 240 valence electrons. The molecule has 0 radical (unpaired) electrons. The van der Waals surface area contributed by atoms with Crippen molar-refractivity contribution in [1.29, 1.82) is 0 Å². The van der Waals surface area contributed by atoms with Crippen molar-refractivity contribution in [2.75, 3.05) is 0 Å². The first-order valence-electron chi connectivity index (χ1n) is 15.5. The van der Waals surface area contributed by atoms with Crippen molar-refractivity contribution >= 4 is 34.8 Å². The number of hydrogen-bond donors (Lipinski definition) is 0. The lowest BCUT2D eigenvalue weighted by atomic mass is 9.66. The molecule has 2 aromatic rings. The number of ether oxygens (including phenoxy) is 5. The first kappa shape index (κ1) is 29.8. The molecule has 45 heavy (non-hydrogen) atoms. The predicted octanol–water partition coefficient (Wildman–Crippen LogP) is 4.62. The van der Waals surface area contributed by atoms with Crippen LogP contribution in [0.15, 0.2) is 27.4 Å². The van der Waals surface area contributed by atoms with Gasteiger partial charge in [0, 0.05) is 22.3 Å². The monoisotopic (exact) mass is 622 g/mol. The summed E-state index contributed by atoms with van der Waals surface area (Å²) in [5.74, 6) is -2.22. The molecule has 7 rings (SSSR count). The highest BCUT2D eigenvalue weighted by molar-refractivity contribution is 5.95. The van der Waals surface area contributed by atoms with Gasteiger partial charge in [0.1, 0.15) is 17.4 Å². The summed E-state index contributed by atoms with van der Waals surface area (Å²) in [4.78, 5) is 67.1. The van der Waals surface area contributed by atoms with E-state index >= 15 is 0 Å². The van der Waals surface area contributed by atoms with Crippen LogP contribution in [0.5, 0.6) is 5.75 Å². The molecular formula is C34H38O11. The Labute approximate surface area is 259 Å². The summed E-state index contributed by atoms with van der Waals surface area (Å²) in [5.41, 5.74) is -6.33. The molecule has 1 aromatic heterocycles. The Morgan fingerprint density at radius 2 is 1.33 bits per heavy atom. The van der Waals surface area contributed by atoms with Crippen LogP contribution in [0, 0.1) is 28.6 Å². The van der Waals surface area contributed by atoms with E-state index in [-0.39, 0.29) is 29.7 Å². The minimum absolute atomic E-state index is 0.124. The van der Waals surface area contributed by atoms with Crippen LogP contribution in [0.4, 0.5) is 0 Å². The summed E-state index contributed by atoms with van der Waals surface area (Å²) in [6.07, 6.45) is -2.00. The molecule has 2 saturated carbocycles. The average Bonchev–Trinajstić information content (AvgIpc) is 3.42. The maximum atomic E-state index is 14.3. The van der Waals surface area contributed by atoms with Crippen LogP contribution in [-0.2, 0) is 38.1 Å². The molecule has 11 heteroatoms. The summed E-state index contributed by atoms with van der Waals surface area (Å²) in [5, 5.41) is 0.577. The van der Waals surface area contributed by atoms with Gasteiger partial charge in [0.2, 0.25) is 11.2 Å². The molecular weight excluding hydrogens is 584 g/mol. The fraction of sp³-hybridized carbons (Fsp3) is 0.618. The molecule has 4 heterocycles. The second-order valence-corrected chi connectivity index (χ2v) is 15.0. The van der Waals surface area contributed by atoms with Gasteiger partial charge in [0.15, 0.2) is 12.2 Å². The molecule has 5 aliphatic rings. The van der Waals surface area contributed by atoms with Gasteiger partial charge in [-0.05, 0) is 71.1 Å². The third-order valence-corrected chi connectivity index (χ3v) is 12.8. The second kappa shape index (κ2) is 8.67. The zero-order valence-corrected chi connectivity index (χ0v) is 26.8. The third-order valence-electron chi connectivity index (χ3n) is 12.8. The highest BCUT2D eigenvalue weighted by Gasteiger charge is 2.78. The SMILES string of the molecule is Cc1cc(=O)oc2c3c(ccc12)O[C@H](C)[C@H](OC(=O)[C@]12CC[C@](C)(C(=O)O1)C2(C)C)[C@@H]3OC(=O)[C@]12CC[C@](C)(C(=O)O1)C2(C)C. The summed E-state index contributed by atoms with van der Waals surface area (Å²) in [7, 11) is 0. The minimum atomic E-state index is -1.58. The standard InChI is InChI=1S/C34H38O11/c1-16-15-20(35)41-23-18(16)9-10-19-21(23)24(43-28(39)34-14-12-32(8,26(37)45-34)30(34,5)6)22(17(2)40-19)42-27(38)33-13-11-31(7,25(36)44-33)29(33,3)4/h9-10,15,17,22,24H,11-14H2,1-8H3/t17-,22+,24-,31-,32-,33+,34+/m1/s1.